The van der Waals surface area contributed by atoms with Crippen molar-refractivity contribution in [2.45, 2.75) is 6.42 Å². The maximum absolute atomic E-state index is 8.61. The third-order valence-electron chi connectivity index (χ3n) is 2.21. The Morgan fingerprint density at radius 3 is 2.56 bits per heavy atom. The number of aromatic nitrogens is 1. The van der Waals surface area contributed by atoms with Gasteiger partial charge in [-0.25, -0.2) is 0 Å². The number of rotatable bonds is 2. The lowest BCUT2D eigenvalue weighted by Gasteiger charge is -2.02. The first-order chi connectivity index (χ1) is 7.79. The topological polar surface area (TPSA) is 36.7 Å². The van der Waals surface area contributed by atoms with E-state index in [4.69, 9.17) is 16.9 Å². The van der Waals surface area contributed by atoms with Crippen LogP contribution < -0.4 is 0 Å². The molecule has 0 unspecified atom stereocenters. The van der Waals surface area contributed by atoms with E-state index in [1.807, 2.05) is 42.5 Å². The second kappa shape index (κ2) is 4.78. The number of benzene rings is 1. The maximum Gasteiger partial charge on any atom is 0.0774 e. The third-order valence-corrected chi connectivity index (χ3v) is 2.46. The van der Waals surface area contributed by atoms with Crippen molar-refractivity contribution in [3.8, 4) is 17.3 Å². The lowest BCUT2D eigenvalue weighted by Crippen LogP contribution is -1.90. The normalized spacial score (nSPS) is 9.75. The molecule has 0 saturated carbocycles. The van der Waals surface area contributed by atoms with Crippen LogP contribution in [0.5, 0.6) is 0 Å². The number of halogens is 1. The van der Waals surface area contributed by atoms with Crippen molar-refractivity contribution in [1.82, 2.24) is 4.98 Å². The molecule has 16 heavy (non-hydrogen) atoms. The van der Waals surface area contributed by atoms with Crippen LogP contribution in [0.15, 0.2) is 42.5 Å². The van der Waals surface area contributed by atoms with E-state index in [9.17, 15) is 0 Å². The van der Waals surface area contributed by atoms with Crippen LogP contribution in [0.2, 0.25) is 5.02 Å². The Labute approximate surface area is 99.1 Å². The van der Waals surface area contributed by atoms with E-state index in [-0.39, 0.29) is 0 Å². The number of hydrogen-bond acceptors (Lipinski definition) is 2. The van der Waals surface area contributed by atoms with Crippen LogP contribution in [0, 0.1) is 11.3 Å². The molecule has 0 aliphatic heterocycles. The van der Waals surface area contributed by atoms with Crippen molar-refractivity contribution < 1.29 is 0 Å². The molecule has 78 valence electrons. The van der Waals surface area contributed by atoms with Crippen molar-refractivity contribution in [3.63, 3.8) is 0 Å². The molecular weight excluding hydrogens is 220 g/mol. The number of pyridine rings is 1. The van der Waals surface area contributed by atoms with E-state index in [0.29, 0.717) is 11.4 Å². The molecule has 0 saturated heterocycles. The van der Waals surface area contributed by atoms with Gasteiger partial charge in [0.1, 0.15) is 0 Å². The molecule has 1 aromatic carbocycles. The average molecular weight is 229 g/mol. The van der Waals surface area contributed by atoms with Gasteiger partial charge in [0, 0.05) is 10.6 Å². The van der Waals surface area contributed by atoms with Crippen LogP contribution in [-0.2, 0) is 6.42 Å². The van der Waals surface area contributed by atoms with Crippen molar-refractivity contribution >= 4 is 11.6 Å². The molecule has 0 fully saturated rings. The summed E-state index contributed by atoms with van der Waals surface area (Å²) in [6, 6.07) is 15.3. The molecule has 1 aromatic heterocycles. The predicted octanol–water partition coefficient (Wildman–Crippen LogP) is 3.47. The molecule has 0 N–H and O–H groups in total. The Morgan fingerprint density at radius 2 is 1.88 bits per heavy atom. The summed E-state index contributed by atoms with van der Waals surface area (Å²) in [6.07, 6.45) is 0.335. The van der Waals surface area contributed by atoms with E-state index in [1.54, 1.807) is 0 Å². The zero-order chi connectivity index (χ0) is 11.4. The number of nitrogens with zero attached hydrogens (tertiary/aromatic N) is 2. The molecule has 0 atom stereocenters. The van der Waals surface area contributed by atoms with Gasteiger partial charge in [-0.15, -0.1) is 0 Å². The highest BCUT2D eigenvalue weighted by atomic mass is 35.5. The number of nitriles is 1. The van der Waals surface area contributed by atoms with Gasteiger partial charge in [0.05, 0.1) is 23.9 Å². The zero-order valence-electron chi connectivity index (χ0n) is 8.52. The summed E-state index contributed by atoms with van der Waals surface area (Å²) in [5, 5.41) is 9.32. The predicted molar refractivity (Wildman–Crippen MR) is 64.0 cm³/mol. The first kappa shape index (κ1) is 10.7. The van der Waals surface area contributed by atoms with E-state index in [1.165, 1.54) is 0 Å². The van der Waals surface area contributed by atoms with Crippen LogP contribution in [-0.4, -0.2) is 4.98 Å². The molecule has 0 spiro atoms. The monoisotopic (exact) mass is 228 g/mol. The summed E-state index contributed by atoms with van der Waals surface area (Å²) in [6.45, 7) is 0. The van der Waals surface area contributed by atoms with Crippen LogP contribution >= 0.6 is 11.6 Å². The minimum atomic E-state index is 0.335. The summed E-state index contributed by atoms with van der Waals surface area (Å²) in [5.74, 6) is 0. The molecular formula is C13H9ClN2. The SMILES string of the molecule is N#CCc1cccc(-c2ccc(Cl)cc2)n1. The highest BCUT2D eigenvalue weighted by molar-refractivity contribution is 6.30. The summed E-state index contributed by atoms with van der Waals surface area (Å²) in [7, 11) is 0. The van der Waals surface area contributed by atoms with Crippen molar-refractivity contribution in [3.05, 3.63) is 53.2 Å². The maximum atomic E-state index is 8.61. The van der Waals surface area contributed by atoms with Gasteiger partial charge in [-0.1, -0.05) is 29.8 Å². The molecule has 0 amide bonds. The van der Waals surface area contributed by atoms with Crippen molar-refractivity contribution in [2.24, 2.45) is 0 Å². The smallest absolute Gasteiger partial charge is 0.0774 e. The Morgan fingerprint density at radius 1 is 1.12 bits per heavy atom. The largest absolute Gasteiger partial charge is 0.252 e. The van der Waals surface area contributed by atoms with Gasteiger partial charge >= 0.3 is 0 Å². The lowest BCUT2D eigenvalue weighted by molar-refractivity contribution is 1.12. The molecule has 1 heterocycles. The Bertz CT molecular complexity index is 526. The quantitative estimate of drug-likeness (QED) is 0.789. The molecule has 0 aliphatic carbocycles. The van der Waals surface area contributed by atoms with Crippen LogP contribution in [0.4, 0.5) is 0 Å². The van der Waals surface area contributed by atoms with Gasteiger partial charge in [0.15, 0.2) is 0 Å². The van der Waals surface area contributed by atoms with Gasteiger partial charge in [-0.2, -0.15) is 5.26 Å². The Hall–Kier alpha value is -1.85. The Kier molecular flexibility index (Phi) is 3.19. The van der Waals surface area contributed by atoms with Crippen LogP contribution in [0.3, 0.4) is 0 Å². The Balaban J connectivity index is 2.37. The summed E-state index contributed by atoms with van der Waals surface area (Å²) < 4.78 is 0. The van der Waals surface area contributed by atoms with Gasteiger partial charge < -0.3 is 0 Å². The van der Waals surface area contributed by atoms with Gasteiger partial charge in [0.2, 0.25) is 0 Å². The van der Waals surface area contributed by atoms with Gasteiger partial charge in [-0.3, -0.25) is 4.98 Å². The second-order valence-corrected chi connectivity index (χ2v) is 3.79. The molecule has 2 rings (SSSR count). The molecule has 0 bridgehead atoms. The standard InChI is InChI=1S/C13H9ClN2/c14-11-6-4-10(5-7-11)13-3-1-2-12(16-13)8-9-15/h1-7H,8H2. The molecule has 2 nitrogen and oxygen atoms in total. The molecule has 0 aliphatic rings. The highest BCUT2D eigenvalue weighted by Gasteiger charge is 2.00. The summed E-state index contributed by atoms with van der Waals surface area (Å²) >= 11 is 5.82. The zero-order valence-corrected chi connectivity index (χ0v) is 9.28. The minimum Gasteiger partial charge on any atom is -0.252 e. The van der Waals surface area contributed by atoms with E-state index in [2.05, 4.69) is 11.1 Å². The van der Waals surface area contributed by atoms with Gasteiger partial charge in [0.25, 0.3) is 0 Å². The van der Waals surface area contributed by atoms with E-state index < -0.39 is 0 Å². The fourth-order valence-electron chi connectivity index (χ4n) is 1.44. The highest BCUT2D eigenvalue weighted by Crippen LogP contribution is 2.19. The average Bonchev–Trinajstić information content (AvgIpc) is 2.31. The van der Waals surface area contributed by atoms with E-state index in [0.717, 1.165) is 17.0 Å². The molecule has 2 aromatic rings. The van der Waals surface area contributed by atoms with Crippen molar-refractivity contribution in [2.75, 3.05) is 0 Å². The molecule has 0 radical (unpaired) electrons. The van der Waals surface area contributed by atoms with Crippen LogP contribution in [0.25, 0.3) is 11.3 Å². The fourth-order valence-corrected chi connectivity index (χ4v) is 1.57. The first-order valence-corrected chi connectivity index (χ1v) is 5.26. The van der Waals surface area contributed by atoms with Gasteiger partial charge in [-0.05, 0) is 24.3 Å². The van der Waals surface area contributed by atoms with Crippen LogP contribution in [0.1, 0.15) is 5.69 Å². The van der Waals surface area contributed by atoms with Crippen molar-refractivity contribution in [1.29, 1.82) is 5.26 Å². The summed E-state index contributed by atoms with van der Waals surface area (Å²) in [4.78, 5) is 4.40. The lowest BCUT2D eigenvalue weighted by atomic mass is 10.1. The molecule has 3 heteroatoms. The fraction of sp³-hybridized carbons (Fsp3) is 0.0769. The first-order valence-electron chi connectivity index (χ1n) is 4.88. The second-order valence-electron chi connectivity index (χ2n) is 3.36. The number of hydrogen-bond donors (Lipinski definition) is 0. The van der Waals surface area contributed by atoms with E-state index >= 15 is 0 Å². The minimum absolute atomic E-state index is 0.335. The summed E-state index contributed by atoms with van der Waals surface area (Å²) in [5.41, 5.74) is 2.66. The third kappa shape index (κ3) is 2.39.